The average Bonchev–Trinajstić information content (AvgIpc) is 2.77. The van der Waals surface area contributed by atoms with Crippen LogP contribution in [0.2, 0.25) is 0 Å². The van der Waals surface area contributed by atoms with Crippen LogP contribution in [0.1, 0.15) is 37.9 Å². The van der Waals surface area contributed by atoms with E-state index in [1.54, 1.807) is 6.92 Å². The molecule has 0 bridgehead atoms. The molecule has 2 nitrogen and oxygen atoms in total. The molecule has 0 aliphatic carbocycles. The summed E-state index contributed by atoms with van der Waals surface area (Å²) in [5.74, 6) is -57.0. The van der Waals surface area contributed by atoms with Crippen molar-refractivity contribution in [1.82, 2.24) is 0 Å². The van der Waals surface area contributed by atoms with Crippen molar-refractivity contribution in [2.75, 3.05) is 6.61 Å². The molecule has 0 amide bonds. The molecule has 1 atom stereocenters. The fourth-order valence-corrected chi connectivity index (χ4v) is 2.81. The van der Waals surface area contributed by atoms with Crippen LogP contribution in [0.4, 0.5) is 74.6 Å². The predicted octanol–water partition coefficient (Wildman–Crippen LogP) is 8.30. The van der Waals surface area contributed by atoms with E-state index in [0.717, 1.165) is 12.1 Å². The van der Waals surface area contributed by atoms with Crippen LogP contribution in [0.5, 0.6) is 5.75 Å². The van der Waals surface area contributed by atoms with Crippen LogP contribution >= 0.6 is 0 Å². The molecule has 0 aromatic heterocycles. The lowest BCUT2D eigenvalue weighted by Crippen LogP contribution is -2.74. The summed E-state index contributed by atoms with van der Waals surface area (Å²) in [5, 5.41) is 9.70. The van der Waals surface area contributed by atoms with Crippen molar-refractivity contribution in [3.05, 3.63) is 29.8 Å². The highest BCUT2D eigenvalue weighted by molar-refractivity contribution is 5.29. The van der Waals surface area contributed by atoms with Crippen molar-refractivity contribution in [2.45, 2.75) is 79.9 Å². The van der Waals surface area contributed by atoms with Crippen LogP contribution in [-0.4, -0.2) is 59.3 Å². The third-order valence-corrected chi connectivity index (χ3v) is 5.27. The van der Waals surface area contributed by atoms with Gasteiger partial charge in [-0.15, -0.1) is 0 Å². The van der Waals surface area contributed by atoms with Gasteiger partial charge >= 0.3 is 47.6 Å². The second-order valence-corrected chi connectivity index (χ2v) is 8.14. The molecule has 0 spiro atoms. The molecule has 0 radical (unpaired) electrons. The Kier molecular flexibility index (Phi) is 9.50. The summed E-state index contributed by atoms with van der Waals surface area (Å²) in [7, 11) is 0. The summed E-state index contributed by atoms with van der Waals surface area (Å²) in [6.45, 7) is 1.92. The Morgan fingerprint density at radius 1 is 0.615 bits per heavy atom. The first-order chi connectivity index (χ1) is 17.2. The van der Waals surface area contributed by atoms with Gasteiger partial charge in [-0.05, 0) is 24.1 Å². The summed E-state index contributed by atoms with van der Waals surface area (Å²) in [6.07, 6.45) is -12.5. The number of alkyl halides is 17. The molecule has 0 aliphatic rings. The van der Waals surface area contributed by atoms with Gasteiger partial charge in [0.15, 0.2) is 0 Å². The lowest BCUT2D eigenvalue weighted by atomic mass is 9.87. The van der Waals surface area contributed by atoms with Gasteiger partial charge in [-0.2, -0.15) is 74.6 Å². The van der Waals surface area contributed by atoms with Crippen LogP contribution in [0.3, 0.4) is 0 Å². The maximum absolute atomic E-state index is 14.0. The maximum atomic E-state index is 14.0. The van der Waals surface area contributed by atoms with E-state index in [-0.39, 0.29) is 12.4 Å². The van der Waals surface area contributed by atoms with E-state index >= 15 is 0 Å². The minimum absolute atomic E-state index is 0.0292. The fraction of sp³-hybridized carbons (Fsp3) is 0.700. The number of halogens is 17. The van der Waals surface area contributed by atoms with Gasteiger partial charge in [0.25, 0.3) is 0 Å². The standard InChI is InChI=1S/C20H17F17O2/c1-2-3-8-39-11-6-4-10(5-7-11)12(38)9-13(21,22)14(23,24)15(25,26)16(27,28)17(29,30)18(31,32)19(33,34)20(35,36)37/h4-7,12,38H,2-3,8-9H2,1H3. The number of aliphatic hydroxyl groups is 1. The third-order valence-electron chi connectivity index (χ3n) is 5.27. The zero-order valence-electron chi connectivity index (χ0n) is 19.0. The number of benzene rings is 1. The monoisotopic (exact) mass is 612 g/mol. The number of rotatable bonds is 13. The summed E-state index contributed by atoms with van der Waals surface area (Å²) >= 11 is 0. The SMILES string of the molecule is CCCCOc1ccc(C(O)CC(F)(F)C(F)(F)C(F)(F)C(F)(F)C(F)(F)C(F)(F)C(F)(F)C(F)(F)F)cc1. The van der Waals surface area contributed by atoms with E-state index in [2.05, 4.69) is 0 Å². The first-order valence-electron chi connectivity index (χ1n) is 10.3. The van der Waals surface area contributed by atoms with Crippen molar-refractivity contribution in [2.24, 2.45) is 0 Å². The van der Waals surface area contributed by atoms with Gasteiger partial charge in [0.05, 0.1) is 12.7 Å². The zero-order chi connectivity index (χ0) is 31.1. The molecule has 0 saturated carbocycles. The normalized spacial score (nSPS) is 15.9. The van der Waals surface area contributed by atoms with Gasteiger partial charge in [-0.25, -0.2) is 0 Å². The maximum Gasteiger partial charge on any atom is 0.460 e. The van der Waals surface area contributed by atoms with Crippen LogP contribution in [0.25, 0.3) is 0 Å². The summed E-state index contributed by atoms with van der Waals surface area (Å²) in [4.78, 5) is 0. The highest BCUT2D eigenvalue weighted by atomic mass is 19.4. The highest BCUT2D eigenvalue weighted by Crippen LogP contribution is 2.64. The Balaban J connectivity index is 3.37. The average molecular weight is 612 g/mol. The van der Waals surface area contributed by atoms with E-state index in [0.29, 0.717) is 25.0 Å². The Labute approximate surface area is 207 Å². The van der Waals surface area contributed by atoms with Gasteiger partial charge in [-0.3, -0.25) is 0 Å². The Morgan fingerprint density at radius 2 is 1.00 bits per heavy atom. The molecular formula is C20H17F17O2. The summed E-state index contributed by atoms with van der Waals surface area (Å²) < 4.78 is 231. The molecule has 1 unspecified atom stereocenters. The number of hydrogen-bond acceptors (Lipinski definition) is 2. The first kappa shape index (κ1) is 34.8. The Hall–Kier alpha value is -2.21. The lowest BCUT2D eigenvalue weighted by Gasteiger charge is -2.43. The molecule has 1 rings (SSSR count). The van der Waals surface area contributed by atoms with E-state index in [1.807, 2.05) is 0 Å². The minimum Gasteiger partial charge on any atom is -0.494 e. The second kappa shape index (κ2) is 10.6. The summed E-state index contributed by atoms with van der Waals surface area (Å²) in [6, 6.07) is 3.33. The van der Waals surface area contributed by atoms with Crippen LogP contribution in [-0.2, 0) is 0 Å². The fourth-order valence-electron chi connectivity index (χ4n) is 2.81. The second-order valence-electron chi connectivity index (χ2n) is 8.14. The topological polar surface area (TPSA) is 29.5 Å². The number of aliphatic hydroxyl groups excluding tert-OH is 1. The number of ether oxygens (including phenoxy) is 1. The zero-order valence-corrected chi connectivity index (χ0v) is 19.0. The smallest absolute Gasteiger partial charge is 0.460 e. The van der Waals surface area contributed by atoms with Gasteiger partial charge in [0.2, 0.25) is 0 Å². The molecule has 0 saturated heterocycles. The molecule has 0 aliphatic heterocycles. The van der Waals surface area contributed by atoms with Gasteiger partial charge < -0.3 is 9.84 Å². The minimum atomic E-state index is -8.69. The molecule has 0 fully saturated rings. The van der Waals surface area contributed by atoms with Gasteiger partial charge in [0, 0.05) is 6.42 Å². The first-order valence-corrected chi connectivity index (χ1v) is 10.3. The van der Waals surface area contributed by atoms with Crippen LogP contribution in [0.15, 0.2) is 24.3 Å². The molecule has 1 aromatic carbocycles. The molecule has 19 heteroatoms. The van der Waals surface area contributed by atoms with E-state index in [1.165, 1.54) is 0 Å². The van der Waals surface area contributed by atoms with Crippen molar-refractivity contribution in [3.8, 4) is 5.75 Å². The lowest BCUT2D eigenvalue weighted by molar-refractivity contribution is -0.462. The molecule has 1 aromatic rings. The Bertz CT molecular complexity index is 954. The number of hydrogen-bond donors (Lipinski definition) is 1. The quantitative estimate of drug-likeness (QED) is 0.180. The van der Waals surface area contributed by atoms with Gasteiger partial charge in [-0.1, -0.05) is 25.5 Å². The van der Waals surface area contributed by atoms with Crippen molar-refractivity contribution in [3.63, 3.8) is 0 Å². The van der Waals surface area contributed by atoms with Crippen LogP contribution in [0, 0.1) is 0 Å². The van der Waals surface area contributed by atoms with Crippen molar-refractivity contribution in [1.29, 1.82) is 0 Å². The van der Waals surface area contributed by atoms with Crippen molar-refractivity contribution < 1.29 is 84.5 Å². The highest BCUT2D eigenvalue weighted by Gasteiger charge is 2.95. The van der Waals surface area contributed by atoms with Crippen molar-refractivity contribution >= 4 is 0 Å². The van der Waals surface area contributed by atoms with Crippen LogP contribution < -0.4 is 4.74 Å². The third kappa shape index (κ3) is 5.68. The van der Waals surface area contributed by atoms with E-state index in [4.69, 9.17) is 4.74 Å². The largest absolute Gasteiger partial charge is 0.494 e. The molecule has 228 valence electrons. The summed E-state index contributed by atoms with van der Waals surface area (Å²) in [5.41, 5.74) is -0.773. The van der Waals surface area contributed by atoms with E-state index < -0.39 is 65.7 Å². The molecule has 39 heavy (non-hydrogen) atoms. The predicted molar refractivity (Wildman–Crippen MR) is 97.1 cm³/mol. The number of unbranched alkanes of at least 4 members (excludes halogenated alkanes) is 1. The molecule has 0 heterocycles. The molecule has 1 N–H and O–H groups in total. The van der Waals surface area contributed by atoms with E-state index in [9.17, 15) is 79.7 Å². The van der Waals surface area contributed by atoms with Gasteiger partial charge in [0.1, 0.15) is 5.75 Å². The molecular weight excluding hydrogens is 595 g/mol. The Morgan fingerprint density at radius 3 is 1.38 bits per heavy atom.